The van der Waals surface area contributed by atoms with Crippen molar-refractivity contribution in [3.63, 3.8) is 0 Å². The Bertz CT molecular complexity index is 800. The van der Waals surface area contributed by atoms with E-state index < -0.39 is 0 Å². The highest BCUT2D eigenvalue weighted by molar-refractivity contribution is 5.47. The SMILES string of the molecule is Cc1cccn2cc(CN3CCCC3c3cnn(C)c3)nc12. The molecule has 0 N–H and O–H groups in total. The second-order valence-electron chi connectivity index (χ2n) is 6.23. The first kappa shape index (κ1) is 13.5. The van der Waals surface area contributed by atoms with E-state index in [0.29, 0.717) is 6.04 Å². The molecule has 5 nitrogen and oxygen atoms in total. The van der Waals surface area contributed by atoms with Crippen molar-refractivity contribution < 1.29 is 0 Å². The van der Waals surface area contributed by atoms with Crippen LogP contribution in [0.4, 0.5) is 0 Å². The molecule has 1 saturated heterocycles. The van der Waals surface area contributed by atoms with Crippen molar-refractivity contribution >= 4 is 5.65 Å². The molecule has 0 saturated carbocycles. The molecule has 0 aliphatic carbocycles. The van der Waals surface area contributed by atoms with Gasteiger partial charge in [-0.2, -0.15) is 5.10 Å². The number of fused-ring (bicyclic) bond motifs is 1. The second kappa shape index (κ2) is 5.25. The largest absolute Gasteiger partial charge is 0.307 e. The van der Waals surface area contributed by atoms with Gasteiger partial charge in [-0.05, 0) is 37.9 Å². The number of aryl methyl sites for hydroxylation is 2. The van der Waals surface area contributed by atoms with Gasteiger partial charge in [0.15, 0.2) is 0 Å². The van der Waals surface area contributed by atoms with E-state index in [9.17, 15) is 0 Å². The van der Waals surface area contributed by atoms with Gasteiger partial charge in [0.2, 0.25) is 0 Å². The maximum absolute atomic E-state index is 4.81. The molecule has 0 aromatic carbocycles. The molecule has 1 aliphatic heterocycles. The predicted molar refractivity (Wildman–Crippen MR) is 85.5 cm³/mol. The fraction of sp³-hybridized carbons (Fsp3) is 0.412. The summed E-state index contributed by atoms with van der Waals surface area (Å²) in [5.41, 5.74) is 4.75. The molecule has 1 unspecified atom stereocenters. The van der Waals surface area contributed by atoms with Gasteiger partial charge in [-0.15, -0.1) is 0 Å². The summed E-state index contributed by atoms with van der Waals surface area (Å²) in [5, 5.41) is 4.32. The van der Waals surface area contributed by atoms with Gasteiger partial charge in [-0.3, -0.25) is 9.58 Å². The summed E-state index contributed by atoms with van der Waals surface area (Å²) in [5.74, 6) is 0. The Kier molecular flexibility index (Phi) is 3.22. The minimum Gasteiger partial charge on any atom is -0.307 e. The van der Waals surface area contributed by atoms with Crippen molar-refractivity contribution in [2.45, 2.75) is 32.4 Å². The molecule has 3 aromatic heterocycles. The molecule has 4 heterocycles. The van der Waals surface area contributed by atoms with Crippen LogP contribution in [0.15, 0.2) is 36.9 Å². The smallest absolute Gasteiger partial charge is 0.139 e. The number of nitrogens with zero attached hydrogens (tertiary/aromatic N) is 5. The van der Waals surface area contributed by atoms with Crippen LogP contribution < -0.4 is 0 Å². The summed E-state index contributed by atoms with van der Waals surface area (Å²) < 4.78 is 4.01. The highest BCUT2D eigenvalue weighted by Crippen LogP contribution is 2.32. The Hall–Kier alpha value is -2.14. The number of likely N-dealkylation sites (tertiary alicyclic amines) is 1. The Labute approximate surface area is 130 Å². The molecular weight excluding hydrogens is 274 g/mol. The lowest BCUT2D eigenvalue weighted by Crippen LogP contribution is -2.22. The zero-order chi connectivity index (χ0) is 15.1. The molecule has 5 heteroatoms. The standard InChI is InChI=1S/C17H21N5/c1-13-5-3-8-22-12-15(19-17(13)22)11-21-7-4-6-16(21)14-9-18-20(2)10-14/h3,5,8-10,12,16H,4,6-7,11H2,1-2H3. The molecule has 0 amide bonds. The average Bonchev–Trinajstić information content (AvgIpc) is 3.19. The van der Waals surface area contributed by atoms with Gasteiger partial charge in [-0.1, -0.05) is 6.07 Å². The average molecular weight is 295 g/mol. The summed E-state index contributed by atoms with van der Waals surface area (Å²) >= 11 is 0. The fourth-order valence-corrected chi connectivity index (χ4v) is 3.49. The third-order valence-electron chi connectivity index (χ3n) is 4.57. The molecule has 1 atom stereocenters. The zero-order valence-corrected chi connectivity index (χ0v) is 13.1. The van der Waals surface area contributed by atoms with Gasteiger partial charge < -0.3 is 4.40 Å². The number of pyridine rings is 1. The molecule has 3 aromatic rings. The number of hydrogen-bond acceptors (Lipinski definition) is 3. The predicted octanol–water partition coefficient (Wildman–Crippen LogP) is 2.71. The first-order chi connectivity index (χ1) is 10.7. The van der Waals surface area contributed by atoms with Crippen LogP contribution in [0.1, 0.15) is 35.7 Å². The first-order valence-electron chi connectivity index (χ1n) is 7.86. The van der Waals surface area contributed by atoms with Crippen LogP contribution in [0.5, 0.6) is 0 Å². The third kappa shape index (κ3) is 2.31. The minimum atomic E-state index is 0.472. The van der Waals surface area contributed by atoms with Crippen LogP contribution in [0.25, 0.3) is 5.65 Å². The summed E-state index contributed by atoms with van der Waals surface area (Å²) in [6, 6.07) is 4.65. The highest BCUT2D eigenvalue weighted by Gasteiger charge is 2.27. The molecule has 4 rings (SSSR count). The quantitative estimate of drug-likeness (QED) is 0.745. The van der Waals surface area contributed by atoms with Crippen molar-refractivity contribution in [2.75, 3.05) is 6.54 Å². The maximum atomic E-state index is 4.81. The molecule has 0 spiro atoms. The van der Waals surface area contributed by atoms with Crippen molar-refractivity contribution in [3.8, 4) is 0 Å². The molecule has 0 radical (unpaired) electrons. The second-order valence-corrected chi connectivity index (χ2v) is 6.23. The van der Waals surface area contributed by atoms with E-state index in [1.165, 1.54) is 24.0 Å². The topological polar surface area (TPSA) is 38.4 Å². The van der Waals surface area contributed by atoms with Gasteiger partial charge in [0.25, 0.3) is 0 Å². The van der Waals surface area contributed by atoms with E-state index in [2.05, 4.69) is 52.0 Å². The Balaban J connectivity index is 1.59. The third-order valence-corrected chi connectivity index (χ3v) is 4.57. The Morgan fingerprint density at radius 2 is 2.23 bits per heavy atom. The summed E-state index contributed by atoms with van der Waals surface area (Å²) in [6.45, 7) is 4.15. The van der Waals surface area contributed by atoms with E-state index >= 15 is 0 Å². The minimum absolute atomic E-state index is 0.472. The molecule has 114 valence electrons. The van der Waals surface area contributed by atoms with E-state index in [-0.39, 0.29) is 0 Å². The van der Waals surface area contributed by atoms with Crippen LogP contribution >= 0.6 is 0 Å². The molecule has 1 aliphatic rings. The van der Waals surface area contributed by atoms with Gasteiger partial charge in [0, 0.05) is 43.8 Å². The summed E-state index contributed by atoms with van der Waals surface area (Å²) in [6.07, 6.45) is 10.8. The monoisotopic (exact) mass is 295 g/mol. The van der Waals surface area contributed by atoms with E-state index in [1.54, 1.807) is 0 Å². The maximum Gasteiger partial charge on any atom is 0.139 e. The van der Waals surface area contributed by atoms with E-state index in [4.69, 9.17) is 4.98 Å². The lowest BCUT2D eigenvalue weighted by molar-refractivity contribution is 0.246. The number of imidazole rings is 1. The summed E-state index contributed by atoms with van der Waals surface area (Å²) in [7, 11) is 1.98. The lowest BCUT2D eigenvalue weighted by Gasteiger charge is -2.22. The van der Waals surface area contributed by atoms with Crippen LogP contribution in [-0.4, -0.2) is 30.6 Å². The van der Waals surface area contributed by atoms with Crippen LogP contribution in [-0.2, 0) is 13.6 Å². The molecular formula is C17H21N5. The van der Waals surface area contributed by atoms with Crippen molar-refractivity contribution in [1.82, 2.24) is 24.1 Å². The van der Waals surface area contributed by atoms with Crippen LogP contribution in [0.3, 0.4) is 0 Å². The van der Waals surface area contributed by atoms with Crippen molar-refractivity contribution in [1.29, 1.82) is 0 Å². The fourth-order valence-electron chi connectivity index (χ4n) is 3.49. The molecule has 0 bridgehead atoms. The van der Waals surface area contributed by atoms with Crippen LogP contribution in [0, 0.1) is 6.92 Å². The van der Waals surface area contributed by atoms with Gasteiger partial charge >= 0.3 is 0 Å². The number of aromatic nitrogens is 4. The van der Waals surface area contributed by atoms with E-state index in [1.807, 2.05) is 17.9 Å². The van der Waals surface area contributed by atoms with E-state index in [0.717, 1.165) is 24.4 Å². The number of hydrogen-bond donors (Lipinski definition) is 0. The van der Waals surface area contributed by atoms with Crippen molar-refractivity contribution in [3.05, 3.63) is 53.7 Å². The van der Waals surface area contributed by atoms with Crippen molar-refractivity contribution in [2.24, 2.45) is 7.05 Å². The Morgan fingerprint density at radius 3 is 3.00 bits per heavy atom. The molecule has 1 fully saturated rings. The summed E-state index contributed by atoms with van der Waals surface area (Å²) in [4.78, 5) is 7.33. The van der Waals surface area contributed by atoms with Gasteiger partial charge in [0.1, 0.15) is 5.65 Å². The lowest BCUT2D eigenvalue weighted by atomic mass is 10.1. The molecule has 22 heavy (non-hydrogen) atoms. The number of rotatable bonds is 3. The normalized spacial score (nSPS) is 19.3. The first-order valence-corrected chi connectivity index (χ1v) is 7.86. The van der Waals surface area contributed by atoms with Gasteiger partial charge in [-0.25, -0.2) is 4.98 Å². The van der Waals surface area contributed by atoms with Crippen LogP contribution in [0.2, 0.25) is 0 Å². The highest BCUT2D eigenvalue weighted by atomic mass is 15.3. The zero-order valence-electron chi connectivity index (χ0n) is 13.1. The van der Waals surface area contributed by atoms with Gasteiger partial charge in [0.05, 0.1) is 11.9 Å². The Morgan fingerprint density at radius 1 is 1.32 bits per heavy atom.